The quantitative estimate of drug-likeness (QED) is 0.597. The Kier molecular flexibility index (Phi) is 5.93. The van der Waals surface area contributed by atoms with Crippen LogP contribution in [0.15, 0.2) is 17.0 Å². The summed E-state index contributed by atoms with van der Waals surface area (Å²) in [5.74, 6) is -1.02. The molecule has 138 valence electrons. The van der Waals surface area contributed by atoms with E-state index >= 15 is 0 Å². The van der Waals surface area contributed by atoms with E-state index in [9.17, 15) is 13.6 Å². The number of carbonyl (C=O) groups excluding carboxylic acids is 1. The van der Waals surface area contributed by atoms with Crippen molar-refractivity contribution >= 4 is 40.8 Å². The van der Waals surface area contributed by atoms with Gasteiger partial charge in [0.15, 0.2) is 0 Å². The maximum Gasteiger partial charge on any atom is 0.310 e. The molecule has 2 aromatic rings. The van der Waals surface area contributed by atoms with E-state index in [1.54, 1.807) is 18.7 Å². The molecule has 0 atom stereocenters. The van der Waals surface area contributed by atoms with Gasteiger partial charge in [-0.2, -0.15) is 4.98 Å². The van der Waals surface area contributed by atoms with Crippen molar-refractivity contribution in [1.29, 1.82) is 0 Å². The number of ether oxygens (including phenoxy) is 1. The number of aromatic nitrogens is 2. The maximum absolute atomic E-state index is 14.3. The molecule has 0 bridgehead atoms. The standard InChI is InChI=1S/C17H16ClF2N3O2S/c1-2-25-14(24)8-10-11(19)6-9(7-12(10)20)21-16-15-13(4-3-5-26-15)22-17(18)23-16/h6-7H,2-5,8H2,1H3,(H,21,22,23). The summed E-state index contributed by atoms with van der Waals surface area (Å²) in [6.07, 6.45) is 1.30. The highest BCUT2D eigenvalue weighted by molar-refractivity contribution is 7.99. The van der Waals surface area contributed by atoms with E-state index in [1.807, 2.05) is 0 Å². The summed E-state index contributed by atoms with van der Waals surface area (Å²) < 4.78 is 33.3. The van der Waals surface area contributed by atoms with Crippen molar-refractivity contribution in [2.75, 3.05) is 17.7 Å². The lowest BCUT2D eigenvalue weighted by Crippen LogP contribution is -2.11. The molecule has 0 saturated heterocycles. The molecule has 3 rings (SSSR count). The average molecular weight is 400 g/mol. The lowest BCUT2D eigenvalue weighted by Gasteiger charge is -2.18. The van der Waals surface area contributed by atoms with Crippen molar-refractivity contribution in [2.45, 2.75) is 31.1 Å². The van der Waals surface area contributed by atoms with Gasteiger partial charge < -0.3 is 10.1 Å². The molecule has 1 aromatic carbocycles. The van der Waals surface area contributed by atoms with Gasteiger partial charge in [-0.25, -0.2) is 13.8 Å². The molecule has 5 nitrogen and oxygen atoms in total. The number of nitrogens with zero attached hydrogens (tertiary/aromatic N) is 2. The Morgan fingerprint density at radius 1 is 1.35 bits per heavy atom. The topological polar surface area (TPSA) is 64.1 Å². The number of nitrogens with one attached hydrogen (secondary N) is 1. The van der Waals surface area contributed by atoms with Crippen LogP contribution in [0.1, 0.15) is 24.6 Å². The van der Waals surface area contributed by atoms with Crippen LogP contribution in [-0.4, -0.2) is 28.3 Å². The van der Waals surface area contributed by atoms with E-state index in [0.717, 1.165) is 41.3 Å². The first-order valence-corrected chi connectivity index (χ1v) is 9.44. The lowest BCUT2D eigenvalue weighted by atomic mass is 10.1. The van der Waals surface area contributed by atoms with Crippen LogP contribution in [0.25, 0.3) is 0 Å². The number of hydrogen-bond acceptors (Lipinski definition) is 6. The molecule has 0 radical (unpaired) electrons. The molecule has 0 aliphatic carbocycles. The molecule has 26 heavy (non-hydrogen) atoms. The fraction of sp³-hybridized carbons (Fsp3) is 0.353. The fourth-order valence-corrected chi connectivity index (χ4v) is 3.85. The predicted octanol–water partition coefficient (Wildman–Crippen LogP) is 4.30. The number of halogens is 3. The highest BCUT2D eigenvalue weighted by atomic mass is 35.5. The number of rotatable bonds is 5. The summed E-state index contributed by atoms with van der Waals surface area (Å²) in [6.45, 7) is 1.78. The Bertz CT molecular complexity index is 828. The minimum absolute atomic E-state index is 0.0774. The molecule has 1 aliphatic rings. The molecule has 0 unspecified atom stereocenters. The van der Waals surface area contributed by atoms with Gasteiger partial charge in [0, 0.05) is 11.3 Å². The summed E-state index contributed by atoms with van der Waals surface area (Å²) in [7, 11) is 0. The first-order valence-electron chi connectivity index (χ1n) is 8.07. The van der Waals surface area contributed by atoms with Crippen molar-refractivity contribution in [3.05, 3.63) is 40.3 Å². The molecule has 0 amide bonds. The Labute approximate surface area is 158 Å². The summed E-state index contributed by atoms with van der Waals surface area (Å²) in [4.78, 5) is 20.7. The third-order valence-electron chi connectivity index (χ3n) is 3.74. The van der Waals surface area contributed by atoms with Gasteiger partial charge in [-0.3, -0.25) is 4.79 Å². The number of esters is 1. The Balaban J connectivity index is 1.87. The molecular weight excluding hydrogens is 384 g/mol. The fourth-order valence-electron chi connectivity index (χ4n) is 2.62. The Morgan fingerprint density at radius 2 is 2.08 bits per heavy atom. The van der Waals surface area contributed by atoms with Crippen molar-refractivity contribution < 1.29 is 18.3 Å². The summed E-state index contributed by atoms with van der Waals surface area (Å²) >= 11 is 7.53. The Morgan fingerprint density at radius 3 is 2.77 bits per heavy atom. The van der Waals surface area contributed by atoms with Crippen molar-refractivity contribution in [3.63, 3.8) is 0 Å². The van der Waals surface area contributed by atoms with Gasteiger partial charge in [0.2, 0.25) is 5.28 Å². The second-order valence-corrected chi connectivity index (χ2v) is 7.04. The van der Waals surface area contributed by atoms with Crippen LogP contribution in [-0.2, 0) is 22.4 Å². The average Bonchev–Trinajstić information content (AvgIpc) is 2.58. The first kappa shape index (κ1) is 18.8. The largest absolute Gasteiger partial charge is 0.466 e. The number of aryl methyl sites for hydroxylation is 1. The van der Waals surface area contributed by atoms with Gasteiger partial charge in [0.05, 0.1) is 23.6 Å². The van der Waals surface area contributed by atoms with Crippen LogP contribution in [0.2, 0.25) is 5.28 Å². The van der Waals surface area contributed by atoms with Gasteiger partial charge in [-0.15, -0.1) is 11.8 Å². The normalized spacial score (nSPS) is 13.2. The van der Waals surface area contributed by atoms with Crippen molar-refractivity contribution in [3.8, 4) is 0 Å². The number of thioether (sulfide) groups is 1. The van der Waals surface area contributed by atoms with Crippen LogP contribution in [0.3, 0.4) is 0 Å². The zero-order valence-electron chi connectivity index (χ0n) is 13.9. The molecule has 2 heterocycles. The molecule has 0 spiro atoms. The summed E-state index contributed by atoms with van der Waals surface area (Å²) in [6, 6.07) is 2.24. The van der Waals surface area contributed by atoms with Gasteiger partial charge in [0.25, 0.3) is 0 Å². The number of benzene rings is 1. The highest BCUT2D eigenvalue weighted by Gasteiger charge is 2.20. The zero-order chi connectivity index (χ0) is 18.7. The van der Waals surface area contributed by atoms with Crippen LogP contribution in [0.5, 0.6) is 0 Å². The van der Waals surface area contributed by atoms with Crippen molar-refractivity contribution in [2.24, 2.45) is 0 Å². The zero-order valence-corrected chi connectivity index (χ0v) is 15.5. The molecule has 1 aromatic heterocycles. The van der Waals surface area contributed by atoms with Gasteiger partial charge in [0.1, 0.15) is 17.5 Å². The van der Waals surface area contributed by atoms with E-state index in [0.29, 0.717) is 5.82 Å². The summed E-state index contributed by atoms with van der Waals surface area (Å²) in [5, 5.41) is 2.99. The smallest absolute Gasteiger partial charge is 0.310 e. The van der Waals surface area contributed by atoms with Crippen LogP contribution < -0.4 is 5.32 Å². The number of anilines is 2. The minimum atomic E-state index is -0.831. The van der Waals surface area contributed by atoms with E-state index in [2.05, 4.69) is 15.3 Å². The second kappa shape index (κ2) is 8.18. The van der Waals surface area contributed by atoms with Gasteiger partial charge in [-0.05, 0) is 49.3 Å². The molecule has 1 aliphatic heterocycles. The number of fused-ring (bicyclic) bond motifs is 1. The lowest BCUT2D eigenvalue weighted by molar-refractivity contribution is -0.142. The first-order chi connectivity index (χ1) is 12.5. The molecule has 9 heteroatoms. The number of hydrogen-bond donors (Lipinski definition) is 1. The molecule has 0 saturated carbocycles. The monoisotopic (exact) mass is 399 g/mol. The Hall–Kier alpha value is -1.93. The molecule has 0 fully saturated rings. The predicted molar refractivity (Wildman–Crippen MR) is 96.1 cm³/mol. The third kappa shape index (κ3) is 4.24. The van der Waals surface area contributed by atoms with Crippen LogP contribution >= 0.6 is 23.4 Å². The van der Waals surface area contributed by atoms with Crippen LogP contribution in [0, 0.1) is 11.6 Å². The molecular formula is C17H16ClF2N3O2S. The van der Waals surface area contributed by atoms with E-state index in [1.165, 1.54) is 0 Å². The van der Waals surface area contributed by atoms with E-state index in [-0.39, 0.29) is 23.1 Å². The number of carbonyl (C=O) groups is 1. The molecule has 1 N–H and O–H groups in total. The summed E-state index contributed by atoms with van der Waals surface area (Å²) in [5.41, 5.74) is 0.672. The highest BCUT2D eigenvalue weighted by Crippen LogP contribution is 2.36. The van der Waals surface area contributed by atoms with Crippen LogP contribution in [0.4, 0.5) is 20.3 Å². The second-order valence-electron chi connectivity index (χ2n) is 5.59. The van der Waals surface area contributed by atoms with E-state index in [4.69, 9.17) is 16.3 Å². The van der Waals surface area contributed by atoms with E-state index < -0.39 is 24.0 Å². The third-order valence-corrected chi connectivity index (χ3v) is 5.12. The van der Waals surface area contributed by atoms with Gasteiger partial charge in [-0.1, -0.05) is 0 Å². The van der Waals surface area contributed by atoms with Crippen molar-refractivity contribution in [1.82, 2.24) is 9.97 Å². The SMILES string of the molecule is CCOC(=O)Cc1c(F)cc(Nc2nc(Cl)nc3c2SCCC3)cc1F. The van der Waals surface area contributed by atoms with Gasteiger partial charge >= 0.3 is 5.97 Å². The minimum Gasteiger partial charge on any atom is -0.466 e. The maximum atomic E-state index is 14.3.